The number of carbonyl (C=O) groups is 1. The Morgan fingerprint density at radius 1 is 1.35 bits per heavy atom. The molecule has 1 amide bonds. The van der Waals surface area contributed by atoms with Crippen molar-refractivity contribution in [2.45, 2.75) is 58.7 Å². The highest BCUT2D eigenvalue weighted by Crippen LogP contribution is 2.10. The van der Waals surface area contributed by atoms with Crippen LogP contribution in [0.4, 0.5) is 0 Å². The molecule has 0 bridgehead atoms. The SMILES string of the molecule is CCCn1cccc1CNC(C)C(=O)N1CCCCC1. The first-order chi connectivity index (χ1) is 9.72. The van der Waals surface area contributed by atoms with Gasteiger partial charge >= 0.3 is 0 Å². The van der Waals surface area contributed by atoms with Gasteiger partial charge in [-0.3, -0.25) is 4.79 Å². The zero-order chi connectivity index (χ0) is 14.4. The third-order valence-electron chi connectivity index (χ3n) is 4.02. The van der Waals surface area contributed by atoms with E-state index in [0.29, 0.717) is 0 Å². The third-order valence-corrected chi connectivity index (χ3v) is 4.02. The Labute approximate surface area is 122 Å². The van der Waals surface area contributed by atoms with E-state index < -0.39 is 0 Å². The summed E-state index contributed by atoms with van der Waals surface area (Å²) in [4.78, 5) is 14.3. The molecular weight excluding hydrogens is 250 g/mol. The first-order valence-corrected chi connectivity index (χ1v) is 7.88. The van der Waals surface area contributed by atoms with Gasteiger partial charge in [-0.05, 0) is 44.7 Å². The van der Waals surface area contributed by atoms with Crippen molar-refractivity contribution >= 4 is 5.91 Å². The molecule has 1 fully saturated rings. The molecule has 1 aromatic heterocycles. The first-order valence-electron chi connectivity index (χ1n) is 7.88. The second-order valence-electron chi connectivity index (χ2n) is 5.68. The minimum absolute atomic E-state index is 0.0990. The number of carbonyl (C=O) groups excluding carboxylic acids is 1. The zero-order valence-electron chi connectivity index (χ0n) is 12.8. The van der Waals surface area contributed by atoms with Crippen molar-refractivity contribution in [1.82, 2.24) is 14.8 Å². The second kappa shape index (κ2) is 7.48. The maximum absolute atomic E-state index is 12.3. The fourth-order valence-electron chi connectivity index (χ4n) is 2.80. The van der Waals surface area contributed by atoms with Crippen LogP contribution >= 0.6 is 0 Å². The van der Waals surface area contributed by atoms with E-state index in [2.05, 4.69) is 35.1 Å². The maximum atomic E-state index is 12.3. The molecule has 1 unspecified atom stereocenters. The average molecular weight is 277 g/mol. The molecule has 1 atom stereocenters. The van der Waals surface area contributed by atoms with Crippen molar-refractivity contribution < 1.29 is 4.79 Å². The highest BCUT2D eigenvalue weighted by atomic mass is 16.2. The lowest BCUT2D eigenvalue weighted by Gasteiger charge is -2.29. The van der Waals surface area contributed by atoms with Gasteiger partial charge in [-0.2, -0.15) is 0 Å². The smallest absolute Gasteiger partial charge is 0.239 e. The molecule has 4 nitrogen and oxygen atoms in total. The van der Waals surface area contributed by atoms with Gasteiger partial charge in [-0.1, -0.05) is 6.92 Å². The van der Waals surface area contributed by atoms with Gasteiger partial charge in [-0.25, -0.2) is 0 Å². The van der Waals surface area contributed by atoms with Crippen molar-refractivity contribution in [2.24, 2.45) is 0 Å². The van der Waals surface area contributed by atoms with E-state index in [1.807, 2.05) is 11.8 Å². The molecule has 2 rings (SSSR count). The van der Waals surface area contributed by atoms with Crippen LogP contribution in [0.25, 0.3) is 0 Å². The van der Waals surface area contributed by atoms with Crippen molar-refractivity contribution in [2.75, 3.05) is 13.1 Å². The number of nitrogens with zero attached hydrogens (tertiary/aromatic N) is 2. The minimum Gasteiger partial charge on any atom is -0.350 e. The number of rotatable bonds is 6. The summed E-state index contributed by atoms with van der Waals surface area (Å²) in [5.41, 5.74) is 1.25. The number of piperidine rings is 1. The summed E-state index contributed by atoms with van der Waals surface area (Å²) in [5, 5.41) is 3.37. The number of aryl methyl sites for hydroxylation is 1. The molecule has 112 valence electrons. The summed E-state index contributed by atoms with van der Waals surface area (Å²) >= 11 is 0. The summed E-state index contributed by atoms with van der Waals surface area (Å²) in [6.07, 6.45) is 6.80. The lowest BCUT2D eigenvalue weighted by atomic mass is 10.1. The highest BCUT2D eigenvalue weighted by Gasteiger charge is 2.21. The van der Waals surface area contributed by atoms with Crippen LogP contribution in [-0.4, -0.2) is 34.5 Å². The lowest BCUT2D eigenvalue weighted by molar-refractivity contribution is -0.133. The number of hydrogen-bond acceptors (Lipinski definition) is 2. The van der Waals surface area contributed by atoms with E-state index in [1.54, 1.807) is 0 Å². The fraction of sp³-hybridized carbons (Fsp3) is 0.688. The Morgan fingerprint density at radius 3 is 2.80 bits per heavy atom. The number of aromatic nitrogens is 1. The van der Waals surface area contributed by atoms with E-state index in [-0.39, 0.29) is 11.9 Å². The molecule has 1 N–H and O–H groups in total. The number of amides is 1. The van der Waals surface area contributed by atoms with Crippen molar-refractivity contribution in [3.05, 3.63) is 24.0 Å². The van der Waals surface area contributed by atoms with Crippen LogP contribution in [0.2, 0.25) is 0 Å². The molecule has 1 aromatic rings. The Balaban J connectivity index is 1.83. The first kappa shape index (κ1) is 15.1. The molecule has 1 aliphatic rings. The van der Waals surface area contributed by atoms with E-state index in [0.717, 1.165) is 45.4 Å². The predicted octanol–water partition coefficient (Wildman–Crippen LogP) is 2.39. The quantitative estimate of drug-likeness (QED) is 0.867. The summed E-state index contributed by atoms with van der Waals surface area (Å²) in [5.74, 6) is 0.248. The van der Waals surface area contributed by atoms with Gasteiger partial charge in [0.05, 0.1) is 6.04 Å². The van der Waals surface area contributed by atoms with E-state index in [9.17, 15) is 4.79 Å². The summed E-state index contributed by atoms with van der Waals surface area (Å²) < 4.78 is 2.26. The third kappa shape index (κ3) is 3.85. The Hall–Kier alpha value is -1.29. The maximum Gasteiger partial charge on any atom is 0.239 e. The number of likely N-dealkylation sites (tertiary alicyclic amines) is 1. The minimum atomic E-state index is -0.0990. The summed E-state index contributed by atoms with van der Waals surface area (Å²) in [7, 11) is 0. The van der Waals surface area contributed by atoms with Crippen molar-refractivity contribution in [3.8, 4) is 0 Å². The Kier molecular flexibility index (Phi) is 5.65. The lowest BCUT2D eigenvalue weighted by Crippen LogP contribution is -2.46. The van der Waals surface area contributed by atoms with Crippen LogP contribution in [0.5, 0.6) is 0 Å². The molecule has 1 aliphatic heterocycles. The van der Waals surface area contributed by atoms with Gasteiger partial charge in [0.25, 0.3) is 0 Å². The van der Waals surface area contributed by atoms with Crippen molar-refractivity contribution in [3.63, 3.8) is 0 Å². The van der Waals surface area contributed by atoms with Crippen molar-refractivity contribution in [1.29, 1.82) is 0 Å². The second-order valence-corrected chi connectivity index (χ2v) is 5.68. The molecular formula is C16H27N3O. The number of hydrogen-bond donors (Lipinski definition) is 1. The standard InChI is InChI=1S/C16H27N3O/c1-3-9-18-12-7-8-15(18)13-17-14(2)16(20)19-10-5-4-6-11-19/h7-8,12,14,17H,3-6,9-11,13H2,1-2H3. The van der Waals surface area contributed by atoms with Crippen LogP contribution in [0.15, 0.2) is 18.3 Å². The molecule has 0 radical (unpaired) electrons. The molecule has 0 aliphatic carbocycles. The van der Waals surface area contributed by atoms with Gasteiger partial charge in [-0.15, -0.1) is 0 Å². The topological polar surface area (TPSA) is 37.3 Å². The summed E-state index contributed by atoms with van der Waals surface area (Å²) in [6.45, 7) is 7.81. The van der Waals surface area contributed by atoms with E-state index in [4.69, 9.17) is 0 Å². The molecule has 1 saturated heterocycles. The van der Waals surface area contributed by atoms with Crippen LogP contribution < -0.4 is 5.32 Å². The van der Waals surface area contributed by atoms with Crippen LogP contribution in [0.3, 0.4) is 0 Å². The van der Waals surface area contributed by atoms with E-state index in [1.165, 1.54) is 12.1 Å². The van der Waals surface area contributed by atoms with Gasteiger partial charge in [0.15, 0.2) is 0 Å². The molecule has 20 heavy (non-hydrogen) atoms. The van der Waals surface area contributed by atoms with Gasteiger partial charge in [0, 0.05) is 38.1 Å². The normalized spacial score (nSPS) is 17.2. The van der Waals surface area contributed by atoms with Crippen LogP contribution in [0, 0.1) is 0 Å². The predicted molar refractivity (Wildman–Crippen MR) is 81.5 cm³/mol. The fourth-order valence-corrected chi connectivity index (χ4v) is 2.80. The summed E-state index contributed by atoms with van der Waals surface area (Å²) in [6, 6.07) is 4.10. The molecule has 0 spiro atoms. The van der Waals surface area contributed by atoms with E-state index >= 15 is 0 Å². The molecule has 0 aromatic carbocycles. The monoisotopic (exact) mass is 277 g/mol. The van der Waals surface area contributed by atoms with Crippen LogP contribution in [0.1, 0.15) is 45.2 Å². The largest absolute Gasteiger partial charge is 0.350 e. The zero-order valence-corrected chi connectivity index (χ0v) is 12.8. The van der Waals surface area contributed by atoms with Gasteiger partial charge < -0.3 is 14.8 Å². The molecule has 0 saturated carbocycles. The average Bonchev–Trinajstić information content (AvgIpc) is 2.92. The van der Waals surface area contributed by atoms with Crippen LogP contribution in [-0.2, 0) is 17.9 Å². The molecule has 4 heteroatoms. The van der Waals surface area contributed by atoms with Gasteiger partial charge in [0.1, 0.15) is 0 Å². The number of nitrogens with one attached hydrogen (secondary N) is 1. The van der Waals surface area contributed by atoms with Gasteiger partial charge in [0.2, 0.25) is 5.91 Å². The molecule has 2 heterocycles. The highest BCUT2D eigenvalue weighted by molar-refractivity contribution is 5.81. The Bertz CT molecular complexity index is 421. The Morgan fingerprint density at radius 2 is 2.10 bits per heavy atom.